The number of hydrogen-bond donors (Lipinski definition) is 0. The van der Waals surface area contributed by atoms with E-state index in [9.17, 15) is 0 Å². The standard InChI is InChI=1S/C11H15N5O.BrH/c1-2-5-16-10(3-4-12)13-14-11(16)15-6-8-17-9-7-15;/h2H,1,3,5-9H2;1H. The number of allylic oxidation sites excluding steroid dienone is 1. The molecular formula is C11H16BrN5O. The molecule has 18 heavy (non-hydrogen) atoms. The smallest absolute Gasteiger partial charge is 0.227 e. The quantitative estimate of drug-likeness (QED) is 0.774. The highest BCUT2D eigenvalue weighted by Gasteiger charge is 2.19. The average Bonchev–Trinajstić information content (AvgIpc) is 2.75. The van der Waals surface area contributed by atoms with Crippen molar-refractivity contribution in [2.45, 2.75) is 13.0 Å². The molecule has 1 aliphatic heterocycles. The van der Waals surface area contributed by atoms with Crippen LogP contribution in [0.4, 0.5) is 5.95 Å². The van der Waals surface area contributed by atoms with Crippen LogP contribution in [0.5, 0.6) is 0 Å². The maximum absolute atomic E-state index is 8.74. The maximum atomic E-state index is 8.74. The molecule has 0 aliphatic carbocycles. The van der Waals surface area contributed by atoms with Gasteiger partial charge in [0.2, 0.25) is 5.95 Å². The van der Waals surface area contributed by atoms with Crippen molar-refractivity contribution in [3.63, 3.8) is 0 Å². The Labute approximate surface area is 117 Å². The molecule has 6 nitrogen and oxygen atoms in total. The van der Waals surface area contributed by atoms with Gasteiger partial charge in [0.25, 0.3) is 0 Å². The van der Waals surface area contributed by atoms with Crippen LogP contribution in [-0.4, -0.2) is 41.1 Å². The van der Waals surface area contributed by atoms with Gasteiger partial charge in [-0.05, 0) is 0 Å². The first-order chi connectivity index (χ1) is 8.36. The Morgan fingerprint density at radius 1 is 1.39 bits per heavy atom. The average molecular weight is 314 g/mol. The first-order valence-electron chi connectivity index (χ1n) is 5.59. The largest absolute Gasteiger partial charge is 0.378 e. The van der Waals surface area contributed by atoms with E-state index in [0.29, 0.717) is 25.6 Å². The lowest BCUT2D eigenvalue weighted by molar-refractivity contribution is 0.121. The third-order valence-electron chi connectivity index (χ3n) is 2.65. The number of morpholine rings is 1. The zero-order valence-electron chi connectivity index (χ0n) is 10.1. The van der Waals surface area contributed by atoms with Gasteiger partial charge in [0.05, 0.1) is 25.7 Å². The number of ether oxygens (including phenoxy) is 1. The fraction of sp³-hybridized carbons (Fsp3) is 0.545. The Hall–Kier alpha value is -1.39. The van der Waals surface area contributed by atoms with Crippen LogP contribution in [0.3, 0.4) is 0 Å². The molecule has 1 aromatic rings. The minimum atomic E-state index is 0. The van der Waals surface area contributed by atoms with Gasteiger partial charge in [0.1, 0.15) is 5.82 Å². The lowest BCUT2D eigenvalue weighted by atomic mass is 10.4. The summed E-state index contributed by atoms with van der Waals surface area (Å²) in [4.78, 5) is 2.13. The van der Waals surface area contributed by atoms with E-state index < -0.39 is 0 Å². The van der Waals surface area contributed by atoms with Gasteiger partial charge in [0, 0.05) is 19.6 Å². The molecule has 0 unspecified atom stereocenters. The van der Waals surface area contributed by atoms with Crippen LogP contribution < -0.4 is 4.90 Å². The number of hydrogen-bond acceptors (Lipinski definition) is 5. The van der Waals surface area contributed by atoms with Crippen molar-refractivity contribution in [1.82, 2.24) is 14.8 Å². The molecule has 0 N–H and O–H groups in total. The van der Waals surface area contributed by atoms with E-state index in [1.165, 1.54) is 0 Å². The fourth-order valence-electron chi connectivity index (χ4n) is 1.84. The summed E-state index contributed by atoms with van der Waals surface area (Å²) in [5, 5.41) is 17.0. The third-order valence-corrected chi connectivity index (χ3v) is 2.65. The molecule has 0 atom stereocenters. The molecule has 0 spiro atoms. The monoisotopic (exact) mass is 313 g/mol. The van der Waals surface area contributed by atoms with E-state index in [2.05, 4.69) is 27.7 Å². The predicted molar refractivity (Wildman–Crippen MR) is 72.9 cm³/mol. The molecule has 1 aliphatic rings. The van der Waals surface area contributed by atoms with Crippen LogP contribution in [-0.2, 0) is 17.7 Å². The summed E-state index contributed by atoms with van der Waals surface area (Å²) in [5.74, 6) is 1.49. The highest BCUT2D eigenvalue weighted by atomic mass is 79.9. The van der Waals surface area contributed by atoms with E-state index in [4.69, 9.17) is 10.00 Å². The summed E-state index contributed by atoms with van der Waals surface area (Å²) < 4.78 is 7.24. The Kier molecular flexibility index (Phi) is 5.82. The number of nitriles is 1. The van der Waals surface area contributed by atoms with Crippen LogP contribution in [0.1, 0.15) is 5.82 Å². The van der Waals surface area contributed by atoms with Crippen molar-refractivity contribution in [1.29, 1.82) is 5.26 Å². The number of anilines is 1. The van der Waals surface area contributed by atoms with Gasteiger partial charge in [-0.25, -0.2) is 0 Å². The van der Waals surface area contributed by atoms with E-state index in [1.54, 1.807) is 6.08 Å². The van der Waals surface area contributed by atoms with Crippen molar-refractivity contribution < 1.29 is 4.74 Å². The Balaban J connectivity index is 0.00000162. The maximum Gasteiger partial charge on any atom is 0.227 e. The van der Waals surface area contributed by atoms with Crippen LogP contribution >= 0.6 is 17.0 Å². The zero-order valence-corrected chi connectivity index (χ0v) is 11.8. The highest BCUT2D eigenvalue weighted by molar-refractivity contribution is 8.93. The predicted octanol–water partition coefficient (Wildman–Crippen LogP) is 0.945. The number of nitrogens with zero attached hydrogens (tertiary/aromatic N) is 5. The number of aromatic nitrogens is 3. The molecule has 0 aromatic carbocycles. The van der Waals surface area contributed by atoms with Gasteiger partial charge < -0.3 is 9.64 Å². The summed E-state index contributed by atoms with van der Waals surface area (Å²) in [6.45, 7) is 7.36. The highest BCUT2D eigenvalue weighted by Crippen LogP contribution is 2.15. The van der Waals surface area contributed by atoms with Crippen LogP contribution in [0, 0.1) is 11.3 Å². The van der Waals surface area contributed by atoms with E-state index >= 15 is 0 Å². The third kappa shape index (κ3) is 3.09. The molecule has 2 rings (SSSR count). The summed E-state index contributed by atoms with van der Waals surface area (Å²) in [7, 11) is 0. The molecule has 0 saturated carbocycles. The first kappa shape index (κ1) is 14.7. The van der Waals surface area contributed by atoms with E-state index in [0.717, 1.165) is 19.0 Å². The van der Waals surface area contributed by atoms with E-state index in [1.807, 2.05) is 4.57 Å². The molecule has 1 saturated heterocycles. The minimum Gasteiger partial charge on any atom is -0.378 e. The van der Waals surface area contributed by atoms with E-state index in [-0.39, 0.29) is 23.4 Å². The molecule has 1 aromatic heterocycles. The summed E-state index contributed by atoms with van der Waals surface area (Å²) in [6, 6.07) is 2.10. The Morgan fingerprint density at radius 3 is 2.72 bits per heavy atom. The van der Waals surface area contributed by atoms with Crippen LogP contribution in [0.2, 0.25) is 0 Å². The minimum absolute atomic E-state index is 0. The second kappa shape index (κ2) is 7.13. The fourth-order valence-corrected chi connectivity index (χ4v) is 1.84. The second-order valence-corrected chi connectivity index (χ2v) is 3.75. The molecular weight excluding hydrogens is 298 g/mol. The molecule has 0 radical (unpaired) electrons. The number of halogens is 1. The van der Waals surface area contributed by atoms with Gasteiger partial charge in [-0.3, -0.25) is 4.57 Å². The van der Waals surface area contributed by atoms with Gasteiger partial charge in [-0.2, -0.15) is 5.26 Å². The lowest BCUT2D eigenvalue weighted by Gasteiger charge is -2.27. The van der Waals surface area contributed by atoms with Crippen molar-refractivity contribution in [3.8, 4) is 6.07 Å². The van der Waals surface area contributed by atoms with Gasteiger partial charge in [-0.1, -0.05) is 6.08 Å². The van der Waals surface area contributed by atoms with Gasteiger partial charge >= 0.3 is 0 Å². The summed E-state index contributed by atoms with van der Waals surface area (Å²) in [6.07, 6.45) is 2.05. The molecule has 0 bridgehead atoms. The molecule has 98 valence electrons. The molecule has 2 heterocycles. The normalized spacial score (nSPS) is 14.7. The molecule has 7 heteroatoms. The van der Waals surface area contributed by atoms with Crippen molar-refractivity contribution >= 4 is 22.9 Å². The van der Waals surface area contributed by atoms with Crippen molar-refractivity contribution in [2.75, 3.05) is 31.2 Å². The van der Waals surface area contributed by atoms with Gasteiger partial charge in [0.15, 0.2) is 0 Å². The second-order valence-electron chi connectivity index (χ2n) is 3.75. The summed E-state index contributed by atoms with van der Waals surface area (Å²) >= 11 is 0. The zero-order chi connectivity index (χ0) is 12.1. The Bertz CT molecular complexity index is 433. The molecule has 0 amide bonds. The number of rotatable bonds is 4. The van der Waals surface area contributed by atoms with Crippen LogP contribution in [0.25, 0.3) is 0 Å². The lowest BCUT2D eigenvalue weighted by Crippen LogP contribution is -2.38. The Morgan fingerprint density at radius 2 is 2.11 bits per heavy atom. The van der Waals surface area contributed by atoms with Crippen molar-refractivity contribution in [2.24, 2.45) is 0 Å². The van der Waals surface area contributed by atoms with Gasteiger partial charge in [-0.15, -0.1) is 33.8 Å². The molecule has 1 fully saturated rings. The van der Waals surface area contributed by atoms with Crippen molar-refractivity contribution in [3.05, 3.63) is 18.5 Å². The SMILES string of the molecule is Br.C=CCn1c(CC#N)nnc1N1CCOCC1. The first-order valence-corrected chi connectivity index (χ1v) is 5.59. The van der Waals surface area contributed by atoms with Crippen LogP contribution in [0.15, 0.2) is 12.7 Å². The topological polar surface area (TPSA) is 67.0 Å². The summed E-state index contributed by atoms with van der Waals surface area (Å²) in [5.41, 5.74) is 0.